The minimum atomic E-state index is 0.103. The normalized spacial score (nSPS) is 10.3. The predicted octanol–water partition coefficient (Wildman–Crippen LogP) is -0.726. The van der Waals surface area contributed by atoms with Gasteiger partial charge in [0.15, 0.2) is 0 Å². The fourth-order valence-corrected chi connectivity index (χ4v) is 0.832. The topological polar surface area (TPSA) is 44.4 Å². The summed E-state index contributed by atoms with van der Waals surface area (Å²) in [5.74, 6) is 0.103. The van der Waals surface area contributed by atoms with Gasteiger partial charge in [0.2, 0.25) is 5.91 Å². The standard InChI is InChI=1S/C8H19N3O/c1-9-5-7-11(3)6-4-8(12)10-2/h9H,4-7H2,1-3H3,(H,10,12). The first-order valence-corrected chi connectivity index (χ1v) is 4.24. The molecule has 0 saturated heterocycles. The average molecular weight is 173 g/mol. The average Bonchev–Trinajstić information content (AvgIpc) is 2.10. The zero-order valence-corrected chi connectivity index (χ0v) is 8.18. The molecule has 72 valence electrons. The Hall–Kier alpha value is -0.610. The van der Waals surface area contributed by atoms with Crippen molar-refractivity contribution in [3.8, 4) is 0 Å². The summed E-state index contributed by atoms with van der Waals surface area (Å²) in [5.41, 5.74) is 0. The number of hydrogen-bond donors (Lipinski definition) is 2. The molecule has 4 nitrogen and oxygen atoms in total. The predicted molar refractivity (Wildman–Crippen MR) is 50.1 cm³/mol. The Morgan fingerprint density at radius 2 is 2.00 bits per heavy atom. The smallest absolute Gasteiger partial charge is 0.221 e. The number of hydrogen-bond acceptors (Lipinski definition) is 3. The van der Waals surface area contributed by atoms with Crippen molar-refractivity contribution in [2.24, 2.45) is 0 Å². The molecule has 0 aliphatic heterocycles. The van der Waals surface area contributed by atoms with Gasteiger partial charge < -0.3 is 15.5 Å². The van der Waals surface area contributed by atoms with E-state index in [9.17, 15) is 4.79 Å². The molecule has 0 saturated carbocycles. The molecule has 0 spiro atoms. The number of likely N-dealkylation sites (N-methyl/N-ethyl adjacent to an activating group) is 2. The van der Waals surface area contributed by atoms with Gasteiger partial charge in [0.1, 0.15) is 0 Å². The van der Waals surface area contributed by atoms with Gasteiger partial charge in [-0.3, -0.25) is 4.79 Å². The Balaban J connectivity index is 3.30. The molecule has 2 N–H and O–H groups in total. The second-order valence-corrected chi connectivity index (χ2v) is 2.83. The van der Waals surface area contributed by atoms with Gasteiger partial charge in [-0.15, -0.1) is 0 Å². The van der Waals surface area contributed by atoms with E-state index >= 15 is 0 Å². The lowest BCUT2D eigenvalue weighted by Crippen LogP contribution is -2.31. The third kappa shape index (κ3) is 6.12. The van der Waals surface area contributed by atoms with Crippen molar-refractivity contribution in [1.82, 2.24) is 15.5 Å². The van der Waals surface area contributed by atoms with Crippen LogP contribution in [0.3, 0.4) is 0 Å². The molecule has 0 fully saturated rings. The van der Waals surface area contributed by atoms with Crippen LogP contribution in [-0.4, -0.2) is 51.6 Å². The first kappa shape index (κ1) is 11.4. The molecule has 0 aromatic carbocycles. The summed E-state index contributed by atoms with van der Waals surface area (Å²) >= 11 is 0. The quantitative estimate of drug-likeness (QED) is 0.557. The van der Waals surface area contributed by atoms with Crippen molar-refractivity contribution >= 4 is 5.91 Å². The summed E-state index contributed by atoms with van der Waals surface area (Å²) in [5, 5.41) is 5.65. The lowest BCUT2D eigenvalue weighted by atomic mass is 10.3. The summed E-state index contributed by atoms with van der Waals surface area (Å²) in [6.07, 6.45) is 0.580. The van der Waals surface area contributed by atoms with Gasteiger partial charge in [-0.1, -0.05) is 0 Å². The van der Waals surface area contributed by atoms with Gasteiger partial charge in [0.25, 0.3) is 0 Å². The Morgan fingerprint density at radius 1 is 1.33 bits per heavy atom. The van der Waals surface area contributed by atoms with E-state index < -0.39 is 0 Å². The van der Waals surface area contributed by atoms with Crippen LogP contribution in [0.25, 0.3) is 0 Å². The van der Waals surface area contributed by atoms with E-state index in [1.54, 1.807) is 7.05 Å². The van der Waals surface area contributed by atoms with Crippen LogP contribution in [0.4, 0.5) is 0 Å². The highest BCUT2D eigenvalue weighted by Crippen LogP contribution is 1.85. The van der Waals surface area contributed by atoms with E-state index in [4.69, 9.17) is 0 Å². The van der Waals surface area contributed by atoms with Gasteiger partial charge in [0.05, 0.1) is 0 Å². The summed E-state index contributed by atoms with van der Waals surface area (Å²) in [6, 6.07) is 0. The van der Waals surface area contributed by atoms with Crippen molar-refractivity contribution < 1.29 is 4.79 Å². The summed E-state index contributed by atoms with van der Waals surface area (Å²) < 4.78 is 0. The Morgan fingerprint density at radius 3 is 2.50 bits per heavy atom. The van der Waals surface area contributed by atoms with Crippen LogP contribution < -0.4 is 10.6 Å². The molecule has 0 aromatic heterocycles. The highest BCUT2D eigenvalue weighted by atomic mass is 16.1. The largest absolute Gasteiger partial charge is 0.359 e. The highest BCUT2D eigenvalue weighted by Gasteiger charge is 2.00. The molecule has 0 rings (SSSR count). The van der Waals surface area contributed by atoms with Gasteiger partial charge in [-0.2, -0.15) is 0 Å². The molecule has 0 heterocycles. The van der Waals surface area contributed by atoms with Crippen LogP contribution in [0.5, 0.6) is 0 Å². The third-order valence-electron chi connectivity index (χ3n) is 1.74. The third-order valence-corrected chi connectivity index (χ3v) is 1.74. The Kier molecular flexibility index (Phi) is 6.70. The molecule has 12 heavy (non-hydrogen) atoms. The second-order valence-electron chi connectivity index (χ2n) is 2.83. The van der Waals surface area contributed by atoms with Crippen LogP contribution in [0, 0.1) is 0 Å². The number of nitrogens with zero attached hydrogens (tertiary/aromatic N) is 1. The van der Waals surface area contributed by atoms with Gasteiger partial charge >= 0.3 is 0 Å². The maximum atomic E-state index is 10.8. The molecular formula is C8H19N3O. The maximum Gasteiger partial charge on any atom is 0.221 e. The fraction of sp³-hybridized carbons (Fsp3) is 0.875. The molecule has 4 heteroatoms. The molecule has 0 aliphatic rings. The monoisotopic (exact) mass is 173 g/mol. The lowest BCUT2D eigenvalue weighted by molar-refractivity contribution is -0.120. The van der Waals surface area contributed by atoms with E-state index in [2.05, 4.69) is 15.5 Å². The van der Waals surface area contributed by atoms with Crippen LogP contribution in [0.15, 0.2) is 0 Å². The van der Waals surface area contributed by atoms with Crippen molar-refractivity contribution in [2.75, 3.05) is 40.8 Å². The number of nitrogens with one attached hydrogen (secondary N) is 2. The molecule has 0 aliphatic carbocycles. The lowest BCUT2D eigenvalue weighted by Gasteiger charge is -2.15. The summed E-state index contributed by atoms with van der Waals surface area (Å²) in [7, 11) is 5.60. The number of amides is 1. The zero-order chi connectivity index (χ0) is 9.40. The van der Waals surface area contributed by atoms with Crippen LogP contribution in [0.1, 0.15) is 6.42 Å². The van der Waals surface area contributed by atoms with Crippen molar-refractivity contribution in [2.45, 2.75) is 6.42 Å². The van der Waals surface area contributed by atoms with E-state index in [0.717, 1.165) is 19.6 Å². The van der Waals surface area contributed by atoms with Crippen LogP contribution in [-0.2, 0) is 4.79 Å². The van der Waals surface area contributed by atoms with E-state index in [-0.39, 0.29) is 5.91 Å². The summed E-state index contributed by atoms with van der Waals surface area (Å²) in [6.45, 7) is 2.76. The molecule has 0 radical (unpaired) electrons. The molecule has 0 aromatic rings. The van der Waals surface area contributed by atoms with Crippen LogP contribution >= 0.6 is 0 Å². The van der Waals surface area contributed by atoms with E-state index in [0.29, 0.717) is 6.42 Å². The van der Waals surface area contributed by atoms with Gasteiger partial charge in [-0.25, -0.2) is 0 Å². The SMILES string of the molecule is CNCCN(C)CCC(=O)NC. The maximum absolute atomic E-state index is 10.8. The molecule has 0 unspecified atom stereocenters. The fourth-order valence-electron chi connectivity index (χ4n) is 0.832. The molecule has 0 bridgehead atoms. The van der Waals surface area contributed by atoms with E-state index in [1.807, 2.05) is 14.1 Å². The Labute approximate surface area is 74.3 Å². The number of carbonyl (C=O) groups excluding carboxylic acids is 1. The summed E-state index contributed by atoms with van der Waals surface area (Å²) in [4.78, 5) is 13.0. The van der Waals surface area contributed by atoms with Crippen LogP contribution in [0.2, 0.25) is 0 Å². The van der Waals surface area contributed by atoms with Crippen molar-refractivity contribution in [3.05, 3.63) is 0 Å². The highest BCUT2D eigenvalue weighted by molar-refractivity contribution is 5.75. The molecule has 0 atom stereocenters. The first-order chi connectivity index (χ1) is 5.70. The number of rotatable bonds is 6. The minimum Gasteiger partial charge on any atom is -0.359 e. The molecule has 1 amide bonds. The van der Waals surface area contributed by atoms with Crippen molar-refractivity contribution in [3.63, 3.8) is 0 Å². The van der Waals surface area contributed by atoms with Gasteiger partial charge in [-0.05, 0) is 14.1 Å². The minimum absolute atomic E-state index is 0.103. The molecular weight excluding hydrogens is 154 g/mol. The zero-order valence-electron chi connectivity index (χ0n) is 8.18. The van der Waals surface area contributed by atoms with Crippen molar-refractivity contribution in [1.29, 1.82) is 0 Å². The van der Waals surface area contributed by atoms with Gasteiger partial charge in [0, 0.05) is 33.1 Å². The van der Waals surface area contributed by atoms with E-state index in [1.165, 1.54) is 0 Å². The first-order valence-electron chi connectivity index (χ1n) is 4.24. The Bertz CT molecular complexity index is 127. The number of carbonyl (C=O) groups is 1. The second kappa shape index (κ2) is 7.06.